The third kappa shape index (κ3) is 6.41. The number of fused-ring (bicyclic) bond motifs is 3. The molecule has 7 nitrogen and oxygen atoms in total. The van der Waals surface area contributed by atoms with Gasteiger partial charge in [0.05, 0.1) is 18.6 Å². The normalized spacial score (nSPS) is 21.8. The summed E-state index contributed by atoms with van der Waals surface area (Å²) in [5.74, 6) is 0.264. The summed E-state index contributed by atoms with van der Waals surface area (Å²) in [6.45, 7) is 3.69. The molecule has 1 unspecified atom stereocenters. The largest absolute Gasteiger partial charge is 0.465 e. The molecule has 0 radical (unpaired) electrons. The highest BCUT2D eigenvalue weighted by molar-refractivity contribution is 5.96. The maximum Gasteiger partial charge on any atom is 0.337 e. The van der Waals surface area contributed by atoms with E-state index in [9.17, 15) is 9.59 Å². The van der Waals surface area contributed by atoms with Gasteiger partial charge in [0, 0.05) is 73.8 Å². The molecule has 2 fully saturated rings. The Balaban J connectivity index is 1.36. The molecule has 3 aliphatic rings. The van der Waals surface area contributed by atoms with E-state index in [0.29, 0.717) is 31.1 Å². The van der Waals surface area contributed by atoms with Gasteiger partial charge in [-0.15, -0.1) is 0 Å². The molecule has 7 heteroatoms. The molecule has 2 aliphatic heterocycles. The highest BCUT2D eigenvalue weighted by atomic mass is 16.5. The predicted octanol–water partition coefficient (Wildman–Crippen LogP) is 6.67. The molecule has 1 amide bonds. The number of hydrogen-bond acceptors (Lipinski definition) is 5. The van der Waals surface area contributed by atoms with Crippen molar-refractivity contribution < 1.29 is 14.3 Å². The average molecular weight is 581 g/mol. The van der Waals surface area contributed by atoms with Crippen molar-refractivity contribution in [3.8, 4) is 0 Å². The van der Waals surface area contributed by atoms with Gasteiger partial charge in [0.15, 0.2) is 0 Å². The molecule has 0 N–H and O–H groups in total. The smallest absolute Gasteiger partial charge is 0.337 e. The van der Waals surface area contributed by atoms with Crippen molar-refractivity contribution in [1.82, 2.24) is 14.5 Å². The number of benzene rings is 1. The Hall–Kier alpha value is -3.87. The highest BCUT2D eigenvalue weighted by Gasteiger charge is 2.31. The van der Waals surface area contributed by atoms with Gasteiger partial charge in [0.25, 0.3) is 0 Å². The minimum Gasteiger partial charge on any atom is -0.465 e. The SMILES string of the molecule is COC(=O)c1ccc2c(C3CCCCCC3)c3n(c2c1)CC(C(=O)N1CCN(c2ccncc2)CC1)CC/C=C\C=C/C3. The Morgan fingerprint density at radius 1 is 0.884 bits per heavy atom. The van der Waals surface area contributed by atoms with E-state index in [-0.39, 0.29) is 17.8 Å². The molecule has 1 atom stereocenters. The first-order chi connectivity index (χ1) is 21.1. The number of aromatic nitrogens is 2. The lowest BCUT2D eigenvalue weighted by atomic mass is 9.88. The zero-order chi connectivity index (χ0) is 29.6. The molecule has 2 aromatic heterocycles. The fraction of sp³-hybridized carbons (Fsp3) is 0.472. The van der Waals surface area contributed by atoms with E-state index in [1.54, 1.807) is 0 Å². The van der Waals surface area contributed by atoms with Crippen molar-refractivity contribution in [1.29, 1.82) is 0 Å². The number of esters is 1. The molecule has 226 valence electrons. The first-order valence-corrected chi connectivity index (χ1v) is 16.1. The molecule has 1 aromatic carbocycles. The highest BCUT2D eigenvalue weighted by Crippen LogP contribution is 2.41. The molecule has 6 rings (SSSR count). The van der Waals surface area contributed by atoms with Crippen LogP contribution in [0.5, 0.6) is 0 Å². The topological polar surface area (TPSA) is 67.7 Å². The van der Waals surface area contributed by atoms with Crippen molar-refractivity contribution in [2.45, 2.75) is 70.3 Å². The standard InChI is InChI=1S/C36H44N4O3/c1-43-36(42)28-15-16-31-33(25-28)40-26-29(35(41)39-23-21-38(22-24-39)30-17-19-37-20-18-30)13-9-3-2-4-10-14-32(40)34(31)27-11-7-5-6-8-12-27/h2-4,10,15-20,25,27,29H,5-9,11-14,21-24,26H2,1H3/b3-2-,10-4-. The van der Waals surface area contributed by atoms with Crippen LogP contribution in [0.3, 0.4) is 0 Å². The van der Waals surface area contributed by atoms with Crippen LogP contribution in [0.2, 0.25) is 0 Å². The maximum absolute atomic E-state index is 14.2. The molecular formula is C36H44N4O3. The van der Waals surface area contributed by atoms with E-state index in [2.05, 4.69) is 49.7 Å². The van der Waals surface area contributed by atoms with Gasteiger partial charge in [-0.05, 0) is 61.4 Å². The number of pyridine rings is 1. The number of hydrogen-bond donors (Lipinski definition) is 0. The van der Waals surface area contributed by atoms with E-state index in [1.807, 2.05) is 36.7 Å². The minimum atomic E-state index is -0.325. The van der Waals surface area contributed by atoms with Crippen LogP contribution >= 0.6 is 0 Å². The Bertz CT molecular complexity index is 1480. The summed E-state index contributed by atoms with van der Waals surface area (Å²) in [4.78, 5) is 35.4. The first kappa shape index (κ1) is 29.2. The second-order valence-corrected chi connectivity index (χ2v) is 12.2. The molecule has 0 spiro atoms. The summed E-state index contributed by atoms with van der Waals surface area (Å²) in [6, 6.07) is 10.1. The van der Waals surface area contributed by atoms with E-state index >= 15 is 0 Å². The molecule has 1 aliphatic carbocycles. The van der Waals surface area contributed by atoms with Crippen LogP contribution in [-0.4, -0.2) is 59.6 Å². The van der Waals surface area contributed by atoms with Crippen molar-refractivity contribution in [2.24, 2.45) is 5.92 Å². The second kappa shape index (κ2) is 13.6. The lowest BCUT2D eigenvalue weighted by Gasteiger charge is -2.37. The monoisotopic (exact) mass is 580 g/mol. The molecule has 1 saturated heterocycles. The number of methoxy groups -OCH3 is 1. The third-order valence-corrected chi connectivity index (χ3v) is 9.65. The zero-order valence-electron chi connectivity index (χ0n) is 25.4. The minimum absolute atomic E-state index is 0.145. The molecule has 4 heterocycles. The summed E-state index contributed by atoms with van der Waals surface area (Å²) < 4.78 is 7.51. The van der Waals surface area contributed by atoms with Crippen molar-refractivity contribution >= 4 is 28.5 Å². The average Bonchev–Trinajstić information content (AvgIpc) is 3.19. The van der Waals surface area contributed by atoms with Crippen molar-refractivity contribution in [2.75, 3.05) is 38.2 Å². The Labute approximate surface area is 255 Å². The first-order valence-electron chi connectivity index (χ1n) is 16.1. The van der Waals surface area contributed by atoms with Crippen LogP contribution in [0.15, 0.2) is 67.0 Å². The van der Waals surface area contributed by atoms with E-state index in [4.69, 9.17) is 4.74 Å². The van der Waals surface area contributed by atoms with Crippen LogP contribution < -0.4 is 4.90 Å². The van der Waals surface area contributed by atoms with E-state index in [0.717, 1.165) is 43.6 Å². The summed E-state index contributed by atoms with van der Waals surface area (Å²) in [5, 5.41) is 1.23. The van der Waals surface area contributed by atoms with E-state index in [1.165, 1.54) is 62.3 Å². The van der Waals surface area contributed by atoms with E-state index < -0.39 is 0 Å². The molecule has 3 aromatic rings. The number of rotatable bonds is 4. The lowest BCUT2D eigenvalue weighted by molar-refractivity contribution is -0.136. The molecule has 0 bridgehead atoms. The van der Waals surface area contributed by atoms with Gasteiger partial charge in [-0.1, -0.05) is 56.1 Å². The van der Waals surface area contributed by atoms with Gasteiger partial charge in [0.2, 0.25) is 5.91 Å². The van der Waals surface area contributed by atoms with Gasteiger partial charge >= 0.3 is 5.97 Å². The number of nitrogens with zero attached hydrogens (tertiary/aromatic N) is 4. The summed E-state index contributed by atoms with van der Waals surface area (Å²) >= 11 is 0. The van der Waals surface area contributed by atoms with Crippen molar-refractivity contribution in [3.63, 3.8) is 0 Å². The predicted molar refractivity (Wildman–Crippen MR) is 171 cm³/mol. The van der Waals surface area contributed by atoms with Crippen LogP contribution in [0.25, 0.3) is 10.9 Å². The summed E-state index contributed by atoms with van der Waals surface area (Å²) in [6.07, 6.45) is 22.3. The van der Waals surface area contributed by atoms with Gasteiger partial charge in [-0.25, -0.2) is 4.79 Å². The van der Waals surface area contributed by atoms with Crippen LogP contribution in [0, 0.1) is 5.92 Å². The Kier molecular flexibility index (Phi) is 9.25. The van der Waals surface area contributed by atoms with Gasteiger partial charge in [-0.3, -0.25) is 9.78 Å². The van der Waals surface area contributed by atoms with Gasteiger partial charge < -0.3 is 19.1 Å². The third-order valence-electron chi connectivity index (χ3n) is 9.65. The number of carbonyl (C=O) groups excluding carboxylic acids is 2. The number of piperazine rings is 1. The Morgan fingerprint density at radius 2 is 1.63 bits per heavy atom. The Morgan fingerprint density at radius 3 is 2.37 bits per heavy atom. The van der Waals surface area contributed by atoms with Crippen molar-refractivity contribution in [3.05, 3.63) is 83.9 Å². The number of amides is 1. The number of allylic oxidation sites excluding steroid dienone is 4. The number of anilines is 1. The van der Waals surface area contributed by atoms with Gasteiger partial charge in [-0.2, -0.15) is 0 Å². The van der Waals surface area contributed by atoms with Gasteiger partial charge in [0.1, 0.15) is 0 Å². The van der Waals surface area contributed by atoms with Crippen LogP contribution in [0.1, 0.15) is 78.9 Å². The maximum atomic E-state index is 14.2. The number of ether oxygens (including phenoxy) is 1. The fourth-order valence-electron chi connectivity index (χ4n) is 7.37. The quantitative estimate of drug-likeness (QED) is 0.255. The molecule has 1 saturated carbocycles. The number of carbonyl (C=O) groups is 2. The fourth-order valence-corrected chi connectivity index (χ4v) is 7.37. The van der Waals surface area contributed by atoms with Crippen LogP contribution in [0.4, 0.5) is 5.69 Å². The van der Waals surface area contributed by atoms with Crippen LogP contribution in [-0.2, 0) is 22.5 Å². The summed E-state index contributed by atoms with van der Waals surface area (Å²) in [5.41, 5.74) is 5.50. The molecule has 43 heavy (non-hydrogen) atoms. The zero-order valence-corrected chi connectivity index (χ0v) is 25.4. The lowest BCUT2D eigenvalue weighted by Crippen LogP contribution is -2.51. The second-order valence-electron chi connectivity index (χ2n) is 12.2. The summed E-state index contributed by atoms with van der Waals surface area (Å²) in [7, 11) is 1.43. The molecular weight excluding hydrogens is 536 g/mol.